The predicted octanol–water partition coefficient (Wildman–Crippen LogP) is 3.65. The molecule has 1 aromatic rings. The third-order valence-electron chi connectivity index (χ3n) is 5.84. The van der Waals surface area contributed by atoms with Crippen LogP contribution >= 0.6 is 0 Å². The summed E-state index contributed by atoms with van der Waals surface area (Å²) in [5.41, 5.74) is 0.730. The van der Waals surface area contributed by atoms with Gasteiger partial charge < -0.3 is 15.1 Å². The maximum atomic E-state index is 12.8. The second-order valence-corrected chi connectivity index (χ2v) is 8.32. The van der Waals surface area contributed by atoms with E-state index >= 15 is 0 Å². The van der Waals surface area contributed by atoms with E-state index in [2.05, 4.69) is 18.3 Å². The number of nitrogens with zero attached hydrogens (tertiary/aromatic N) is 3. The summed E-state index contributed by atoms with van der Waals surface area (Å²) < 4.78 is 0. The number of unbranched alkanes of at least 4 members (excludes halogenated alkanes) is 3. The van der Waals surface area contributed by atoms with E-state index < -0.39 is 0 Å². The molecule has 2 rings (SSSR count). The van der Waals surface area contributed by atoms with Gasteiger partial charge in [0.2, 0.25) is 17.7 Å². The number of nitriles is 1. The average molecular weight is 441 g/mol. The highest BCUT2D eigenvalue weighted by Crippen LogP contribution is 2.19. The van der Waals surface area contributed by atoms with Gasteiger partial charge in [0.15, 0.2) is 0 Å². The zero-order chi connectivity index (χ0) is 23.2. The van der Waals surface area contributed by atoms with Crippen molar-refractivity contribution in [1.29, 1.82) is 5.26 Å². The number of piperidine rings is 1. The number of benzene rings is 1. The molecule has 1 aromatic carbocycles. The van der Waals surface area contributed by atoms with Crippen molar-refractivity contribution in [2.45, 2.75) is 64.7 Å². The van der Waals surface area contributed by atoms with Crippen molar-refractivity contribution in [3.63, 3.8) is 0 Å². The molecule has 0 aromatic heterocycles. The Balaban J connectivity index is 1.82. The number of nitrogens with one attached hydrogen (secondary N) is 1. The summed E-state index contributed by atoms with van der Waals surface area (Å²) in [5.74, 6) is -0.405. The van der Waals surface area contributed by atoms with Crippen molar-refractivity contribution in [3.05, 3.63) is 30.3 Å². The fourth-order valence-electron chi connectivity index (χ4n) is 4.00. The number of carbonyl (C=O) groups is 3. The van der Waals surface area contributed by atoms with Gasteiger partial charge in [-0.15, -0.1) is 0 Å². The van der Waals surface area contributed by atoms with Gasteiger partial charge in [-0.25, -0.2) is 0 Å². The van der Waals surface area contributed by atoms with Gasteiger partial charge in [-0.3, -0.25) is 14.4 Å². The quantitative estimate of drug-likeness (QED) is 0.502. The molecule has 7 nitrogen and oxygen atoms in total. The molecule has 1 unspecified atom stereocenters. The van der Waals surface area contributed by atoms with Crippen LogP contribution in [0.15, 0.2) is 30.3 Å². The molecule has 1 atom stereocenters. The van der Waals surface area contributed by atoms with Crippen molar-refractivity contribution in [2.75, 3.05) is 31.1 Å². The molecular formula is C25H36N4O3. The molecule has 1 heterocycles. The maximum Gasteiger partial charge on any atom is 0.227 e. The minimum Gasteiger partial charge on any atom is -0.356 e. The monoisotopic (exact) mass is 440 g/mol. The first-order valence-electron chi connectivity index (χ1n) is 11.8. The number of anilines is 1. The van der Waals surface area contributed by atoms with E-state index in [9.17, 15) is 14.4 Å². The average Bonchev–Trinajstić information content (AvgIpc) is 2.83. The summed E-state index contributed by atoms with van der Waals surface area (Å²) in [5, 5.41) is 11.9. The minimum atomic E-state index is -0.175. The number of para-hydroxylation sites is 1. The first-order valence-corrected chi connectivity index (χ1v) is 11.8. The third kappa shape index (κ3) is 8.33. The topological polar surface area (TPSA) is 93.5 Å². The molecule has 0 aliphatic carbocycles. The second-order valence-electron chi connectivity index (χ2n) is 8.32. The summed E-state index contributed by atoms with van der Waals surface area (Å²) in [6.07, 6.45) is 6.47. The molecule has 0 spiro atoms. The predicted molar refractivity (Wildman–Crippen MR) is 125 cm³/mol. The lowest BCUT2D eigenvalue weighted by Gasteiger charge is -2.32. The van der Waals surface area contributed by atoms with Gasteiger partial charge in [0, 0.05) is 44.7 Å². The van der Waals surface area contributed by atoms with Gasteiger partial charge in [-0.1, -0.05) is 44.4 Å². The number of likely N-dealkylation sites (tertiary alicyclic amines) is 1. The van der Waals surface area contributed by atoms with Crippen molar-refractivity contribution in [3.8, 4) is 6.07 Å². The van der Waals surface area contributed by atoms with Gasteiger partial charge in [0.1, 0.15) is 0 Å². The number of carbonyl (C=O) groups excluding carboxylic acids is 3. The molecule has 1 N–H and O–H groups in total. The van der Waals surface area contributed by atoms with Gasteiger partial charge in [0.05, 0.1) is 18.4 Å². The highest BCUT2D eigenvalue weighted by Gasteiger charge is 2.28. The van der Waals surface area contributed by atoms with Crippen LogP contribution in [0.25, 0.3) is 0 Å². The first kappa shape index (κ1) is 25.4. The van der Waals surface area contributed by atoms with Gasteiger partial charge in [-0.05, 0) is 31.4 Å². The normalized spacial score (nSPS) is 15.6. The van der Waals surface area contributed by atoms with E-state index in [4.69, 9.17) is 5.26 Å². The van der Waals surface area contributed by atoms with Crippen LogP contribution in [-0.2, 0) is 14.4 Å². The van der Waals surface area contributed by atoms with Crippen LogP contribution in [0.2, 0.25) is 0 Å². The van der Waals surface area contributed by atoms with Crippen LogP contribution in [0, 0.1) is 17.2 Å². The van der Waals surface area contributed by atoms with Crippen LogP contribution in [0.5, 0.6) is 0 Å². The lowest BCUT2D eigenvalue weighted by molar-refractivity contribution is -0.137. The van der Waals surface area contributed by atoms with Crippen LogP contribution in [0.1, 0.15) is 64.7 Å². The van der Waals surface area contributed by atoms with Crippen LogP contribution in [-0.4, -0.2) is 48.8 Å². The molecule has 3 amide bonds. The standard InChI is InChI=1S/C25H36N4O3/c1-2-3-4-8-17-27-25(32)21-11-9-18-28(20-21)23(30)14-15-24(31)29(19-10-16-26)22-12-6-5-7-13-22/h5-7,12-13,21H,2-4,8-11,14-15,17-20H2,1H3,(H,27,32). The Kier molecular flexibility index (Phi) is 11.3. The van der Waals surface area contributed by atoms with Crippen LogP contribution in [0.4, 0.5) is 5.69 Å². The van der Waals surface area contributed by atoms with E-state index in [0.29, 0.717) is 26.2 Å². The van der Waals surface area contributed by atoms with Gasteiger partial charge in [0.25, 0.3) is 0 Å². The molecule has 0 saturated carbocycles. The summed E-state index contributed by atoms with van der Waals surface area (Å²) in [4.78, 5) is 41.3. The van der Waals surface area contributed by atoms with Gasteiger partial charge in [-0.2, -0.15) is 5.26 Å². The molecule has 1 saturated heterocycles. The molecule has 1 aliphatic heterocycles. The van der Waals surface area contributed by atoms with Crippen molar-refractivity contribution in [1.82, 2.24) is 10.2 Å². The zero-order valence-corrected chi connectivity index (χ0v) is 19.2. The van der Waals surface area contributed by atoms with Gasteiger partial charge >= 0.3 is 0 Å². The van der Waals surface area contributed by atoms with Crippen molar-refractivity contribution < 1.29 is 14.4 Å². The fourth-order valence-corrected chi connectivity index (χ4v) is 4.00. The highest BCUT2D eigenvalue weighted by molar-refractivity contribution is 5.95. The second kappa shape index (κ2) is 14.2. The highest BCUT2D eigenvalue weighted by atomic mass is 16.2. The lowest BCUT2D eigenvalue weighted by atomic mass is 9.96. The number of hydrogen-bond acceptors (Lipinski definition) is 4. The summed E-state index contributed by atoms with van der Waals surface area (Å²) >= 11 is 0. The Labute approximate surface area is 191 Å². The molecule has 32 heavy (non-hydrogen) atoms. The van der Waals surface area contributed by atoms with E-state index in [1.807, 2.05) is 30.3 Å². The lowest BCUT2D eigenvalue weighted by Crippen LogP contribution is -2.45. The Morgan fingerprint density at radius 2 is 1.94 bits per heavy atom. The van der Waals surface area contributed by atoms with E-state index in [1.165, 1.54) is 6.42 Å². The van der Waals surface area contributed by atoms with E-state index in [0.717, 1.165) is 37.8 Å². The summed E-state index contributed by atoms with van der Waals surface area (Å²) in [6, 6.07) is 11.3. The molecule has 1 fully saturated rings. The van der Waals surface area contributed by atoms with E-state index in [1.54, 1.807) is 9.80 Å². The molecule has 174 valence electrons. The maximum absolute atomic E-state index is 12.8. The zero-order valence-electron chi connectivity index (χ0n) is 19.2. The number of rotatable bonds is 12. The molecule has 0 bridgehead atoms. The minimum absolute atomic E-state index is 0.0295. The largest absolute Gasteiger partial charge is 0.356 e. The first-order chi connectivity index (χ1) is 15.6. The Morgan fingerprint density at radius 3 is 2.66 bits per heavy atom. The third-order valence-corrected chi connectivity index (χ3v) is 5.84. The molecule has 7 heteroatoms. The van der Waals surface area contributed by atoms with Crippen molar-refractivity contribution >= 4 is 23.4 Å². The Morgan fingerprint density at radius 1 is 1.16 bits per heavy atom. The molecular weight excluding hydrogens is 404 g/mol. The summed E-state index contributed by atoms with van der Waals surface area (Å²) in [7, 11) is 0. The van der Waals surface area contributed by atoms with Crippen LogP contribution < -0.4 is 10.2 Å². The molecule has 1 aliphatic rings. The van der Waals surface area contributed by atoms with Crippen molar-refractivity contribution in [2.24, 2.45) is 5.92 Å². The fraction of sp³-hybridized carbons (Fsp3) is 0.600. The van der Waals surface area contributed by atoms with E-state index in [-0.39, 0.29) is 42.9 Å². The molecule has 0 radical (unpaired) electrons. The number of amides is 3. The summed E-state index contributed by atoms with van der Waals surface area (Å²) in [6.45, 7) is 4.20. The SMILES string of the molecule is CCCCCCNC(=O)C1CCCN(C(=O)CCC(=O)N(CCC#N)c2ccccc2)C1. The number of hydrogen-bond donors (Lipinski definition) is 1. The Bertz CT molecular complexity index is 775. The van der Waals surface area contributed by atoms with Crippen LogP contribution in [0.3, 0.4) is 0 Å². The Hall–Kier alpha value is -2.88. The smallest absolute Gasteiger partial charge is 0.227 e.